The summed E-state index contributed by atoms with van der Waals surface area (Å²) >= 11 is 5.91. The van der Waals surface area contributed by atoms with Crippen LogP contribution in [0.5, 0.6) is 0 Å². The Kier molecular flexibility index (Phi) is 5.39. The molecule has 20 heavy (non-hydrogen) atoms. The van der Waals surface area contributed by atoms with Crippen LogP contribution in [-0.4, -0.2) is 12.5 Å². The molecule has 0 heterocycles. The molecule has 0 bridgehead atoms. The number of rotatable bonds is 5. The van der Waals surface area contributed by atoms with Crippen molar-refractivity contribution in [2.75, 3.05) is 6.54 Å². The van der Waals surface area contributed by atoms with E-state index >= 15 is 0 Å². The van der Waals surface area contributed by atoms with Crippen molar-refractivity contribution < 1.29 is 4.79 Å². The average Bonchev–Trinajstić information content (AvgIpc) is 2.46. The third-order valence-electron chi connectivity index (χ3n) is 2.83. The van der Waals surface area contributed by atoms with Gasteiger partial charge in [0.2, 0.25) is 5.91 Å². The zero-order chi connectivity index (χ0) is 14.2. The number of benzene rings is 2. The number of hydrogen-bond acceptors (Lipinski definition) is 1. The monoisotopic (exact) mass is 285 g/mol. The summed E-state index contributed by atoms with van der Waals surface area (Å²) in [6.45, 7) is 0.596. The standard InChI is InChI=1S/C17H16ClNO/c18-16-8-4-7-15(13-16)11-12-19-17(20)10-9-14-5-2-1-3-6-14/h1-10,13H,11-12H2,(H,19,20)/b10-9+. The molecule has 0 saturated carbocycles. The highest BCUT2D eigenvalue weighted by atomic mass is 35.5. The Bertz CT molecular complexity index is 593. The SMILES string of the molecule is O=C(/C=C/c1ccccc1)NCCc1cccc(Cl)c1. The molecule has 1 N–H and O–H groups in total. The Labute approximate surface area is 124 Å². The smallest absolute Gasteiger partial charge is 0.244 e. The minimum Gasteiger partial charge on any atom is -0.352 e. The lowest BCUT2D eigenvalue weighted by Crippen LogP contribution is -2.23. The van der Waals surface area contributed by atoms with Gasteiger partial charge in [0, 0.05) is 17.6 Å². The highest BCUT2D eigenvalue weighted by Gasteiger charge is 1.97. The molecule has 3 heteroatoms. The van der Waals surface area contributed by atoms with E-state index < -0.39 is 0 Å². The largest absolute Gasteiger partial charge is 0.352 e. The van der Waals surface area contributed by atoms with Crippen LogP contribution in [0.3, 0.4) is 0 Å². The van der Waals surface area contributed by atoms with Crippen molar-refractivity contribution in [3.8, 4) is 0 Å². The fourth-order valence-electron chi connectivity index (χ4n) is 1.82. The van der Waals surface area contributed by atoms with Crippen molar-refractivity contribution in [3.05, 3.63) is 76.8 Å². The van der Waals surface area contributed by atoms with Gasteiger partial charge in [0.1, 0.15) is 0 Å². The molecule has 0 aliphatic rings. The van der Waals surface area contributed by atoms with E-state index in [4.69, 9.17) is 11.6 Å². The number of hydrogen-bond donors (Lipinski definition) is 1. The van der Waals surface area contributed by atoms with Gasteiger partial charge in [-0.15, -0.1) is 0 Å². The minimum absolute atomic E-state index is 0.0871. The van der Waals surface area contributed by atoms with Crippen molar-refractivity contribution in [1.29, 1.82) is 0 Å². The molecule has 0 aliphatic carbocycles. The molecule has 2 nitrogen and oxygen atoms in total. The Balaban J connectivity index is 1.77. The summed E-state index contributed by atoms with van der Waals surface area (Å²) in [5, 5.41) is 3.57. The highest BCUT2D eigenvalue weighted by molar-refractivity contribution is 6.30. The molecule has 0 saturated heterocycles. The maximum atomic E-state index is 11.6. The molecule has 0 fully saturated rings. The maximum absolute atomic E-state index is 11.6. The van der Waals surface area contributed by atoms with E-state index in [0.29, 0.717) is 6.54 Å². The lowest BCUT2D eigenvalue weighted by molar-refractivity contribution is -0.116. The molecule has 0 unspecified atom stereocenters. The van der Waals surface area contributed by atoms with Gasteiger partial charge in [-0.1, -0.05) is 54.1 Å². The number of halogens is 1. The summed E-state index contributed by atoms with van der Waals surface area (Å²) in [7, 11) is 0. The summed E-state index contributed by atoms with van der Waals surface area (Å²) in [5.74, 6) is -0.0871. The topological polar surface area (TPSA) is 29.1 Å². The maximum Gasteiger partial charge on any atom is 0.244 e. The quantitative estimate of drug-likeness (QED) is 0.834. The van der Waals surface area contributed by atoms with Crippen LogP contribution in [0.25, 0.3) is 6.08 Å². The second kappa shape index (κ2) is 7.51. The van der Waals surface area contributed by atoms with Crippen molar-refractivity contribution in [2.24, 2.45) is 0 Å². The molecule has 1 amide bonds. The number of carbonyl (C=O) groups excluding carboxylic acids is 1. The van der Waals surface area contributed by atoms with E-state index in [0.717, 1.165) is 22.6 Å². The average molecular weight is 286 g/mol. The number of nitrogens with one attached hydrogen (secondary N) is 1. The predicted octanol–water partition coefficient (Wildman–Crippen LogP) is 3.71. The summed E-state index contributed by atoms with van der Waals surface area (Å²) in [6.07, 6.45) is 4.12. The van der Waals surface area contributed by atoms with Gasteiger partial charge in [-0.2, -0.15) is 0 Å². The van der Waals surface area contributed by atoms with E-state index in [2.05, 4.69) is 5.32 Å². The van der Waals surface area contributed by atoms with Crippen LogP contribution in [0.1, 0.15) is 11.1 Å². The van der Waals surface area contributed by atoms with Crippen LogP contribution in [0.15, 0.2) is 60.7 Å². The first-order chi connectivity index (χ1) is 9.74. The lowest BCUT2D eigenvalue weighted by Gasteiger charge is -2.03. The van der Waals surface area contributed by atoms with Crippen molar-refractivity contribution in [1.82, 2.24) is 5.32 Å². The van der Waals surface area contributed by atoms with Gasteiger partial charge >= 0.3 is 0 Å². The third-order valence-corrected chi connectivity index (χ3v) is 3.06. The van der Waals surface area contributed by atoms with E-state index in [1.807, 2.05) is 54.6 Å². The van der Waals surface area contributed by atoms with Crippen LogP contribution in [0.4, 0.5) is 0 Å². The Hall–Kier alpha value is -2.06. The van der Waals surface area contributed by atoms with Gasteiger partial charge in [0.25, 0.3) is 0 Å². The van der Waals surface area contributed by atoms with E-state index in [1.54, 1.807) is 12.2 Å². The van der Waals surface area contributed by atoms with Gasteiger partial charge < -0.3 is 5.32 Å². The van der Waals surface area contributed by atoms with Crippen LogP contribution < -0.4 is 5.32 Å². The van der Waals surface area contributed by atoms with Gasteiger partial charge in [0.05, 0.1) is 0 Å². The summed E-state index contributed by atoms with van der Waals surface area (Å²) in [6, 6.07) is 17.4. The van der Waals surface area contributed by atoms with Gasteiger partial charge in [-0.3, -0.25) is 4.79 Å². The van der Waals surface area contributed by atoms with E-state index in [-0.39, 0.29) is 5.91 Å². The van der Waals surface area contributed by atoms with Gasteiger partial charge in [0.15, 0.2) is 0 Å². The molecule has 2 aromatic rings. The second-order valence-corrected chi connectivity index (χ2v) is 4.85. The summed E-state index contributed by atoms with van der Waals surface area (Å²) in [5.41, 5.74) is 2.13. The van der Waals surface area contributed by atoms with Crippen LogP contribution in [-0.2, 0) is 11.2 Å². The predicted molar refractivity (Wildman–Crippen MR) is 83.6 cm³/mol. The van der Waals surface area contributed by atoms with Gasteiger partial charge in [-0.25, -0.2) is 0 Å². The first-order valence-corrected chi connectivity index (χ1v) is 6.87. The molecule has 2 rings (SSSR count). The third kappa shape index (κ3) is 4.90. The molecule has 0 atom stereocenters. The fraction of sp³-hybridized carbons (Fsp3) is 0.118. The Morgan fingerprint density at radius 3 is 2.65 bits per heavy atom. The Morgan fingerprint density at radius 2 is 1.90 bits per heavy atom. The molecule has 0 radical (unpaired) electrons. The molecule has 102 valence electrons. The molecular weight excluding hydrogens is 270 g/mol. The summed E-state index contributed by atoms with van der Waals surface area (Å²) in [4.78, 5) is 11.6. The molecular formula is C17H16ClNO. The Morgan fingerprint density at radius 1 is 1.10 bits per heavy atom. The molecule has 2 aromatic carbocycles. The van der Waals surface area contributed by atoms with Crippen molar-refractivity contribution >= 4 is 23.6 Å². The second-order valence-electron chi connectivity index (χ2n) is 4.41. The van der Waals surface area contributed by atoms with Gasteiger partial charge in [-0.05, 0) is 35.8 Å². The fourth-order valence-corrected chi connectivity index (χ4v) is 2.03. The normalized spacial score (nSPS) is 10.7. The lowest BCUT2D eigenvalue weighted by atomic mass is 10.1. The molecule has 0 spiro atoms. The minimum atomic E-state index is -0.0871. The first kappa shape index (κ1) is 14.4. The summed E-state index contributed by atoms with van der Waals surface area (Å²) < 4.78 is 0. The van der Waals surface area contributed by atoms with E-state index in [1.165, 1.54) is 0 Å². The first-order valence-electron chi connectivity index (χ1n) is 6.49. The van der Waals surface area contributed by atoms with Crippen LogP contribution in [0, 0.1) is 0 Å². The van der Waals surface area contributed by atoms with Crippen molar-refractivity contribution in [2.45, 2.75) is 6.42 Å². The number of carbonyl (C=O) groups is 1. The zero-order valence-corrected chi connectivity index (χ0v) is 11.8. The van der Waals surface area contributed by atoms with E-state index in [9.17, 15) is 4.79 Å². The van der Waals surface area contributed by atoms with Crippen LogP contribution >= 0.6 is 11.6 Å². The highest BCUT2D eigenvalue weighted by Crippen LogP contribution is 2.10. The molecule has 0 aliphatic heterocycles. The molecule has 0 aromatic heterocycles. The zero-order valence-electron chi connectivity index (χ0n) is 11.1. The van der Waals surface area contributed by atoms with Crippen molar-refractivity contribution in [3.63, 3.8) is 0 Å². The number of amides is 1. The van der Waals surface area contributed by atoms with Crippen LogP contribution in [0.2, 0.25) is 5.02 Å².